The minimum absolute atomic E-state index is 0.464. The standard InChI is InChI=1S/C13H27N/c1-12(2)7-5-11(6-8-12)13(3,4)9-10-14/h11H,5-10,14H2,1-4H3. The van der Waals surface area contributed by atoms with E-state index in [0.29, 0.717) is 10.8 Å². The van der Waals surface area contributed by atoms with Crippen molar-refractivity contribution in [3.05, 3.63) is 0 Å². The van der Waals surface area contributed by atoms with Crippen molar-refractivity contribution in [3.63, 3.8) is 0 Å². The molecular weight excluding hydrogens is 170 g/mol. The van der Waals surface area contributed by atoms with E-state index in [1.807, 2.05) is 0 Å². The summed E-state index contributed by atoms with van der Waals surface area (Å²) in [6.45, 7) is 10.4. The highest BCUT2D eigenvalue weighted by atomic mass is 14.5. The van der Waals surface area contributed by atoms with Crippen LogP contribution >= 0.6 is 0 Å². The van der Waals surface area contributed by atoms with Gasteiger partial charge in [0.1, 0.15) is 0 Å². The summed E-state index contributed by atoms with van der Waals surface area (Å²) in [6.07, 6.45) is 6.77. The van der Waals surface area contributed by atoms with Gasteiger partial charge >= 0.3 is 0 Å². The molecule has 1 aliphatic rings. The molecule has 1 saturated carbocycles. The van der Waals surface area contributed by atoms with E-state index in [4.69, 9.17) is 5.73 Å². The topological polar surface area (TPSA) is 26.0 Å². The summed E-state index contributed by atoms with van der Waals surface area (Å²) < 4.78 is 0. The van der Waals surface area contributed by atoms with Crippen LogP contribution < -0.4 is 5.73 Å². The van der Waals surface area contributed by atoms with Crippen molar-refractivity contribution in [2.45, 2.75) is 59.8 Å². The Morgan fingerprint density at radius 2 is 1.71 bits per heavy atom. The Kier molecular flexibility index (Phi) is 3.63. The first-order chi connectivity index (χ1) is 6.37. The van der Waals surface area contributed by atoms with Crippen molar-refractivity contribution >= 4 is 0 Å². The van der Waals surface area contributed by atoms with Crippen LogP contribution in [0.25, 0.3) is 0 Å². The van der Waals surface area contributed by atoms with Gasteiger partial charge in [-0.05, 0) is 55.4 Å². The number of hydrogen-bond acceptors (Lipinski definition) is 1. The van der Waals surface area contributed by atoms with Crippen molar-refractivity contribution in [2.75, 3.05) is 6.54 Å². The van der Waals surface area contributed by atoms with Gasteiger partial charge in [0.05, 0.1) is 0 Å². The number of nitrogens with two attached hydrogens (primary N) is 1. The highest BCUT2D eigenvalue weighted by molar-refractivity contribution is 4.86. The fourth-order valence-corrected chi connectivity index (χ4v) is 2.76. The van der Waals surface area contributed by atoms with E-state index in [-0.39, 0.29) is 0 Å². The third kappa shape index (κ3) is 2.98. The average molecular weight is 197 g/mol. The van der Waals surface area contributed by atoms with Crippen LogP contribution in [0.2, 0.25) is 0 Å². The molecule has 0 heterocycles. The number of hydrogen-bond donors (Lipinski definition) is 1. The van der Waals surface area contributed by atoms with E-state index in [1.54, 1.807) is 0 Å². The minimum atomic E-state index is 0.464. The van der Waals surface area contributed by atoms with Gasteiger partial charge in [-0.2, -0.15) is 0 Å². The molecule has 0 unspecified atom stereocenters. The molecule has 1 heteroatoms. The van der Waals surface area contributed by atoms with Gasteiger partial charge in [-0.15, -0.1) is 0 Å². The number of rotatable bonds is 3. The first kappa shape index (κ1) is 12.0. The Morgan fingerprint density at radius 3 is 2.14 bits per heavy atom. The van der Waals surface area contributed by atoms with Crippen molar-refractivity contribution in [1.82, 2.24) is 0 Å². The molecule has 1 aliphatic carbocycles. The van der Waals surface area contributed by atoms with Crippen LogP contribution in [0.15, 0.2) is 0 Å². The van der Waals surface area contributed by atoms with E-state index in [9.17, 15) is 0 Å². The molecule has 0 bridgehead atoms. The van der Waals surface area contributed by atoms with Crippen LogP contribution in [0.4, 0.5) is 0 Å². The molecule has 0 radical (unpaired) electrons. The van der Waals surface area contributed by atoms with E-state index in [1.165, 1.54) is 32.1 Å². The second kappa shape index (κ2) is 4.22. The van der Waals surface area contributed by atoms with Crippen LogP contribution in [0.3, 0.4) is 0 Å². The molecule has 2 N–H and O–H groups in total. The predicted molar refractivity (Wildman–Crippen MR) is 63.2 cm³/mol. The van der Waals surface area contributed by atoms with Gasteiger partial charge < -0.3 is 5.73 Å². The first-order valence-corrected chi connectivity index (χ1v) is 6.07. The molecule has 14 heavy (non-hydrogen) atoms. The molecule has 0 spiro atoms. The Morgan fingerprint density at radius 1 is 1.21 bits per heavy atom. The zero-order valence-corrected chi connectivity index (χ0v) is 10.4. The summed E-state index contributed by atoms with van der Waals surface area (Å²) in [7, 11) is 0. The Bertz CT molecular complexity index is 172. The summed E-state index contributed by atoms with van der Waals surface area (Å²) >= 11 is 0. The fraction of sp³-hybridized carbons (Fsp3) is 1.00. The maximum absolute atomic E-state index is 5.67. The largest absolute Gasteiger partial charge is 0.330 e. The van der Waals surface area contributed by atoms with Gasteiger partial charge in [0.15, 0.2) is 0 Å². The fourth-order valence-electron chi connectivity index (χ4n) is 2.76. The Balaban J connectivity index is 2.48. The van der Waals surface area contributed by atoms with Crippen molar-refractivity contribution < 1.29 is 0 Å². The van der Waals surface area contributed by atoms with Crippen LogP contribution in [0.1, 0.15) is 59.8 Å². The zero-order chi connectivity index (χ0) is 10.8. The second-order valence-corrected chi connectivity index (χ2v) is 6.47. The third-order valence-electron chi connectivity index (χ3n) is 4.23. The molecule has 0 aromatic rings. The van der Waals surface area contributed by atoms with Gasteiger partial charge in [0.25, 0.3) is 0 Å². The smallest absolute Gasteiger partial charge is 0.00721 e. The van der Waals surface area contributed by atoms with Gasteiger partial charge in [-0.25, -0.2) is 0 Å². The van der Waals surface area contributed by atoms with E-state index >= 15 is 0 Å². The zero-order valence-electron chi connectivity index (χ0n) is 10.4. The van der Waals surface area contributed by atoms with Gasteiger partial charge in [-0.1, -0.05) is 27.7 Å². The molecule has 0 aliphatic heterocycles. The van der Waals surface area contributed by atoms with Crippen LogP contribution in [-0.4, -0.2) is 6.54 Å². The lowest BCUT2D eigenvalue weighted by molar-refractivity contribution is 0.0937. The van der Waals surface area contributed by atoms with Crippen molar-refractivity contribution in [2.24, 2.45) is 22.5 Å². The summed E-state index contributed by atoms with van der Waals surface area (Å²) in [5.74, 6) is 0.902. The monoisotopic (exact) mass is 197 g/mol. The molecule has 1 fully saturated rings. The lowest BCUT2D eigenvalue weighted by Crippen LogP contribution is -2.32. The molecule has 1 rings (SSSR count). The quantitative estimate of drug-likeness (QED) is 0.735. The van der Waals surface area contributed by atoms with Crippen LogP contribution in [0.5, 0.6) is 0 Å². The molecule has 0 amide bonds. The van der Waals surface area contributed by atoms with Crippen molar-refractivity contribution in [3.8, 4) is 0 Å². The normalized spacial score (nSPS) is 23.8. The Labute approximate surface area is 89.5 Å². The summed E-state index contributed by atoms with van der Waals surface area (Å²) in [5, 5.41) is 0. The molecule has 84 valence electrons. The average Bonchev–Trinajstić information content (AvgIpc) is 2.03. The highest BCUT2D eigenvalue weighted by Gasteiger charge is 2.34. The lowest BCUT2D eigenvalue weighted by Gasteiger charge is -2.42. The van der Waals surface area contributed by atoms with E-state index < -0.39 is 0 Å². The summed E-state index contributed by atoms with van der Waals surface area (Å²) in [4.78, 5) is 0. The summed E-state index contributed by atoms with van der Waals surface area (Å²) in [5.41, 5.74) is 6.73. The minimum Gasteiger partial charge on any atom is -0.330 e. The molecule has 0 aromatic carbocycles. The maximum atomic E-state index is 5.67. The molecule has 0 aromatic heterocycles. The first-order valence-electron chi connectivity index (χ1n) is 6.07. The van der Waals surface area contributed by atoms with Gasteiger partial charge in [-0.3, -0.25) is 0 Å². The molecule has 0 atom stereocenters. The molecular formula is C13H27N. The van der Waals surface area contributed by atoms with Gasteiger partial charge in [0.2, 0.25) is 0 Å². The summed E-state index contributed by atoms with van der Waals surface area (Å²) in [6, 6.07) is 0. The van der Waals surface area contributed by atoms with Gasteiger partial charge in [0, 0.05) is 0 Å². The van der Waals surface area contributed by atoms with Crippen molar-refractivity contribution in [1.29, 1.82) is 0 Å². The van der Waals surface area contributed by atoms with E-state index in [2.05, 4.69) is 27.7 Å². The van der Waals surface area contributed by atoms with Crippen LogP contribution in [-0.2, 0) is 0 Å². The Hall–Kier alpha value is -0.0400. The SMILES string of the molecule is CC1(C)CCC(C(C)(C)CCN)CC1. The van der Waals surface area contributed by atoms with E-state index in [0.717, 1.165) is 12.5 Å². The lowest BCUT2D eigenvalue weighted by atomic mass is 9.64. The molecule has 0 saturated heterocycles. The third-order valence-corrected chi connectivity index (χ3v) is 4.23. The molecule has 1 nitrogen and oxygen atoms in total. The highest BCUT2D eigenvalue weighted by Crippen LogP contribution is 2.46. The second-order valence-electron chi connectivity index (χ2n) is 6.47. The van der Waals surface area contributed by atoms with Crippen LogP contribution in [0, 0.1) is 16.7 Å². The predicted octanol–water partition coefficient (Wildman–Crippen LogP) is 3.58. The maximum Gasteiger partial charge on any atom is -0.00721 e.